The molecule has 0 aliphatic heterocycles. The van der Waals surface area contributed by atoms with Crippen LogP contribution in [0.15, 0.2) is 48.5 Å². The molecule has 25 heavy (non-hydrogen) atoms. The van der Waals surface area contributed by atoms with Crippen molar-refractivity contribution in [1.29, 1.82) is 0 Å². The van der Waals surface area contributed by atoms with Crippen molar-refractivity contribution in [2.75, 3.05) is 6.54 Å². The van der Waals surface area contributed by atoms with Crippen LogP contribution >= 0.6 is 0 Å². The molecule has 2 amide bonds. The largest absolute Gasteiger partial charge is 0.508 e. The standard InChI is InChI=1S/C19H22N2O4/c1-13(22)21-18(12-15-4-8-17(24)9-5-15)19(25)20-11-10-14-2-6-16(23)7-3-14/h2-9,18,23-24H,10-12H2,1H3,(H,20,25)(H,21,22)/t18-/m0/s1. The van der Waals surface area contributed by atoms with Gasteiger partial charge in [0.25, 0.3) is 0 Å². The van der Waals surface area contributed by atoms with Gasteiger partial charge in [-0.2, -0.15) is 0 Å². The second kappa shape index (κ2) is 8.73. The van der Waals surface area contributed by atoms with Gasteiger partial charge in [-0.1, -0.05) is 24.3 Å². The van der Waals surface area contributed by atoms with E-state index in [2.05, 4.69) is 10.6 Å². The van der Waals surface area contributed by atoms with Crippen molar-refractivity contribution in [1.82, 2.24) is 10.6 Å². The number of phenolic OH excluding ortho intramolecular Hbond substituents is 2. The summed E-state index contributed by atoms with van der Waals surface area (Å²) in [5, 5.41) is 24.1. The van der Waals surface area contributed by atoms with Crippen molar-refractivity contribution in [3.05, 3.63) is 59.7 Å². The Morgan fingerprint density at radius 1 is 0.920 bits per heavy atom. The van der Waals surface area contributed by atoms with Crippen LogP contribution in [0.3, 0.4) is 0 Å². The lowest BCUT2D eigenvalue weighted by Gasteiger charge is -2.18. The molecule has 0 aliphatic carbocycles. The average molecular weight is 342 g/mol. The zero-order valence-corrected chi connectivity index (χ0v) is 14.0. The van der Waals surface area contributed by atoms with Gasteiger partial charge in [0.05, 0.1) is 0 Å². The third kappa shape index (κ3) is 6.18. The van der Waals surface area contributed by atoms with Crippen molar-refractivity contribution in [3.8, 4) is 11.5 Å². The molecule has 1 atom stereocenters. The fourth-order valence-corrected chi connectivity index (χ4v) is 2.44. The van der Waals surface area contributed by atoms with Crippen LogP contribution in [0.1, 0.15) is 18.1 Å². The van der Waals surface area contributed by atoms with E-state index in [-0.39, 0.29) is 23.3 Å². The lowest BCUT2D eigenvalue weighted by molar-refractivity contribution is -0.128. The number of nitrogens with one attached hydrogen (secondary N) is 2. The van der Waals surface area contributed by atoms with Crippen LogP contribution in [0.5, 0.6) is 11.5 Å². The maximum atomic E-state index is 12.4. The molecule has 0 heterocycles. The number of rotatable bonds is 7. The molecule has 0 unspecified atom stereocenters. The van der Waals surface area contributed by atoms with Crippen molar-refractivity contribution in [3.63, 3.8) is 0 Å². The summed E-state index contributed by atoms with van der Waals surface area (Å²) in [6.45, 7) is 1.79. The molecule has 2 aromatic carbocycles. The zero-order valence-electron chi connectivity index (χ0n) is 14.0. The predicted molar refractivity (Wildman–Crippen MR) is 94.2 cm³/mol. The molecule has 0 fully saturated rings. The summed E-state index contributed by atoms with van der Waals surface area (Å²) in [6, 6.07) is 12.6. The Morgan fingerprint density at radius 3 is 1.96 bits per heavy atom. The summed E-state index contributed by atoms with van der Waals surface area (Å²) < 4.78 is 0. The first kappa shape index (κ1) is 18.3. The van der Waals surface area contributed by atoms with E-state index in [1.165, 1.54) is 6.92 Å². The molecule has 132 valence electrons. The number of aromatic hydroxyl groups is 2. The van der Waals surface area contributed by atoms with Gasteiger partial charge in [0.2, 0.25) is 11.8 Å². The minimum absolute atomic E-state index is 0.151. The molecule has 0 saturated heterocycles. The van der Waals surface area contributed by atoms with Crippen LogP contribution in [0.2, 0.25) is 0 Å². The number of carbonyl (C=O) groups is 2. The Bertz CT molecular complexity index is 711. The van der Waals surface area contributed by atoms with Gasteiger partial charge >= 0.3 is 0 Å². The summed E-state index contributed by atoms with van der Waals surface area (Å²) in [7, 11) is 0. The summed E-state index contributed by atoms with van der Waals surface area (Å²) in [4.78, 5) is 23.8. The highest BCUT2D eigenvalue weighted by Gasteiger charge is 2.19. The molecule has 0 spiro atoms. The highest BCUT2D eigenvalue weighted by Crippen LogP contribution is 2.12. The molecule has 2 rings (SSSR count). The summed E-state index contributed by atoms with van der Waals surface area (Å²) >= 11 is 0. The Labute approximate surface area is 146 Å². The average Bonchev–Trinajstić information content (AvgIpc) is 2.57. The quantitative estimate of drug-likeness (QED) is 0.613. The Balaban J connectivity index is 1.91. The van der Waals surface area contributed by atoms with E-state index in [0.29, 0.717) is 19.4 Å². The Morgan fingerprint density at radius 2 is 1.44 bits per heavy atom. The van der Waals surface area contributed by atoms with Crippen LogP contribution in [0, 0.1) is 0 Å². The first-order valence-electron chi connectivity index (χ1n) is 8.04. The lowest BCUT2D eigenvalue weighted by Crippen LogP contribution is -2.47. The minimum atomic E-state index is -0.679. The predicted octanol–water partition coefficient (Wildman–Crippen LogP) is 1.50. The molecule has 0 aliphatic rings. The minimum Gasteiger partial charge on any atom is -0.508 e. The normalized spacial score (nSPS) is 11.6. The number of phenols is 2. The van der Waals surface area contributed by atoms with Crippen molar-refractivity contribution < 1.29 is 19.8 Å². The molecule has 2 aromatic rings. The van der Waals surface area contributed by atoms with Gasteiger partial charge in [0.1, 0.15) is 17.5 Å². The maximum Gasteiger partial charge on any atom is 0.242 e. The van der Waals surface area contributed by atoms with Crippen LogP contribution in [0.25, 0.3) is 0 Å². The van der Waals surface area contributed by atoms with Crippen LogP contribution in [-0.2, 0) is 22.4 Å². The molecule has 0 radical (unpaired) electrons. The van der Waals surface area contributed by atoms with E-state index in [1.807, 2.05) is 0 Å². The highest BCUT2D eigenvalue weighted by atomic mass is 16.3. The van der Waals surface area contributed by atoms with Crippen LogP contribution < -0.4 is 10.6 Å². The second-order valence-corrected chi connectivity index (χ2v) is 5.83. The fraction of sp³-hybridized carbons (Fsp3) is 0.263. The third-order valence-corrected chi connectivity index (χ3v) is 3.72. The van der Waals surface area contributed by atoms with Crippen LogP contribution in [-0.4, -0.2) is 34.6 Å². The zero-order chi connectivity index (χ0) is 18.2. The van der Waals surface area contributed by atoms with E-state index >= 15 is 0 Å². The van der Waals surface area contributed by atoms with Gasteiger partial charge in [0, 0.05) is 19.9 Å². The van der Waals surface area contributed by atoms with E-state index in [1.54, 1.807) is 48.5 Å². The second-order valence-electron chi connectivity index (χ2n) is 5.83. The number of benzene rings is 2. The first-order chi connectivity index (χ1) is 11.9. The van der Waals surface area contributed by atoms with Crippen molar-refractivity contribution in [2.45, 2.75) is 25.8 Å². The van der Waals surface area contributed by atoms with Gasteiger partial charge in [-0.3, -0.25) is 9.59 Å². The number of hydrogen-bond donors (Lipinski definition) is 4. The number of carbonyl (C=O) groups excluding carboxylic acids is 2. The van der Waals surface area contributed by atoms with E-state index in [0.717, 1.165) is 11.1 Å². The fourth-order valence-electron chi connectivity index (χ4n) is 2.44. The van der Waals surface area contributed by atoms with E-state index in [4.69, 9.17) is 0 Å². The number of hydrogen-bond acceptors (Lipinski definition) is 4. The summed E-state index contributed by atoms with van der Waals surface area (Å²) in [5.74, 6) is -0.190. The maximum absolute atomic E-state index is 12.4. The van der Waals surface area contributed by atoms with Crippen LogP contribution in [0.4, 0.5) is 0 Å². The molecular weight excluding hydrogens is 320 g/mol. The summed E-state index contributed by atoms with van der Waals surface area (Å²) in [5.41, 5.74) is 1.83. The smallest absolute Gasteiger partial charge is 0.242 e. The van der Waals surface area contributed by atoms with Crippen molar-refractivity contribution in [2.24, 2.45) is 0 Å². The monoisotopic (exact) mass is 342 g/mol. The van der Waals surface area contributed by atoms with E-state index < -0.39 is 6.04 Å². The van der Waals surface area contributed by atoms with Gasteiger partial charge in [0.15, 0.2) is 0 Å². The highest BCUT2D eigenvalue weighted by molar-refractivity contribution is 5.87. The SMILES string of the molecule is CC(=O)N[C@@H](Cc1ccc(O)cc1)C(=O)NCCc1ccc(O)cc1. The molecule has 0 aromatic heterocycles. The first-order valence-corrected chi connectivity index (χ1v) is 8.04. The van der Waals surface area contributed by atoms with Gasteiger partial charge < -0.3 is 20.8 Å². The molecule has 6 heteroatoms. The topological polar surface area (TPSA) is 98.7 Å². The summed E-state index contributed by atoms with van der Waals surface area (Å²) in [6.07, 6.45) is 0.961. The van der Waals surface area contributed by atoms with Gasteiger partial charge in [-0.25, -0.2) is 0 Å². The number of amides is 2. The Kier molecular flexibility index (Phi) is 6.39. The Hall–Kier alpha value is -3.02. The molecule has 4 N–H and O–H groups in total. The van der Waals surface area contributed by atoms with Gasteiger partial charge in [-0.15, -0.1) is 0 Å². The van der Waals surface area contributed by atoms with Crippen molar-refractivity contribution >= 4 is 11.8 Å². The molecular formula is C19H22N2O4. The lowest BCUT2D eigenvalue weighted by atomic mass is 10.0. The van der Waals surface area contributed by atoms with Gasteiger partial charge in [-0.05, 0) is 41.8 Å². The van der Waals surface area contributed by atoms with E-state index in [9.17, 15) is 19.8 Å². The third-order valence-electron chi connectivity index (χ3n) is 3.72. The molecule has 0 bridgehead atoms. The molecule has 0 saturated carbocycles. The molecule has 6 nitrogen and oxygen atoms in total.